The third-order valence-electron chi connectivity index (χ3n) is 10.5. The Morgan fingerprint density at radius 2 is 1.48 bits per heavy atom. The average Bonchev–Trinajstić information content (AvgIpc) is 3.15. The van der Waals surface area contributed by atoms with E-state index in [1.54, 1.807) is 68.4 Å². The van der Waals surface area contributed by atoms with Gasteiger partial charge >= 0.3 is 12.2 Å². The number of phenolic OH excluding ortho intramolecular Hbond substituents is 1. The molecule has 2 amide bonds. The van der Waals surface area contributed by atoms with Crippen LogP contribution in [-0.2, 0) is 43.4 Å². The number of ether oxygens (including phenoxy) is 5. The van der Waals surface area contributed by atoms with Crippen molar-refractivity contribution in [3.63, 3.8) is 0 Å². The molecule has 0 unspecified atom stereocenters. The number of aromatic hydroxyl groups is 1. The quantitative estimate of drug-likeness (QED) is 0.203. The topological polar surface area (TPSA) is 188 Å². The minimum Gasteiger partial charge on any atom is -0.505 e. The molecule has 3 fully saturated rings. The number of aliphatic hydroxyl groups excluding tert-OH is 2. The van der Waals surface area contributed by atoms with Crippen molar-refractivity contribution in [1.29, 1.82) is 0 Å². The molecule has 1 aliphatic carbocycles. The van der Waals surface area contributed by atoms with Crippen LogP contribution in [-0.4, -0.2) is 115 Å². The number of phenols is 1. The van der Waals surface area contributed by atoms with E-state index in [4.69, 9.17) is 23.7 Å². The number of aliphatic hydroxyl groups is 4. The van der Waals surface area contributed by atoms with Gasteiger partial charge in [0.05, 0.1) is 30.9 Å². The molecule has 3 aliphatic rings. The maximum atomic E-state index is 14.0. The molecule has 2 heterocycles. The molecule has 15 heteroatoms. The molecule has 6 rings (SSSR count). The van der Waals surface area contributed by atoms with E-state index in [-0.39, 0.29) is 38.2 Å². The van der Waals surface area contributed by atoms with E-state index in [2.05, 4.69) is 0 Å². The summed E-state index contributed by atoms with van der Waals surface area (Å²) < 4.78 is 43.6. The van der Waals surface area contributed by atoms with Gasteiger partial charge in [0, 0.05) is 25.9 Å². The van der Waals surface area contributed by atoms with Crippen molar-refractivity contribution >= 4 is 12.2 Å². The lowest BCUT2D eigenvalue weighted by Crippen LogP contribution is -2.80. The van der Waals surface area contributed by atoms with Gasteiger partial charge in [-0.05, 0) is 42.2 Å². The maximum Gasteiger partial charge on any atom is 0.410 e. The van der Waals surface area contributed by atoms with Gasteiger partial charge < -0.3 is 59.0 Å². The second kappa shape index (κ2) is 16.2. The standard InChI is InChI=1S/C39H47FN2O12/c1-4-27-31(44)30(41(3)36(46)50-20-24-11-7-5-8-12-24)33-34(32(27)45)53-35-39(49,54-33)38(48,18-23(2)52-35)22-42(19-26-15-16-28(40)29(43)17-26)37(47)51-21-25-13-9-6-10-14-25/h5-17,23,27,30-35,43-45,48-49H,4,18-22H2,1-3H3/t23-,27-,30+,31+,32+,33-,34-,35+,38-,39-/m1/s1. The van der Waals surface area contributed by atoms with Crippen LogP contribution >= 0.6 is 0 Å². The monoisotopic (exact) mass is 754 g/mol. The van der Waals surface area contributed by atoms with Crippen molar-refractivity contribution in [2.24, 2.45) is 5.92 Å². The molecule has 2 saturated heterocycles. The summed E-state index contributed by atoms with van der Waals surface area (Å²) in [4.78, 5) is 29.4. The number of likely N-dealkylation sites (N-methyl/N-ethyl adjacent to an activating group) is 1. The molecule has 3 aromatic carbocycles. The normalized spacial score (nSPS) is 31.8. The third kappa shape index (κ3) is 7.89. The van der Waals surface area contributed by atoms with Gasteiger partial charge in [0.2, 0.25) is 12.1 Å². The molecule has 54 heavy (non-hydrogen) atoms. The minimum absolute atomic E-state index is 0.0718. The minimum atomic E-state index is -2.75. The molecule has 0 spiro atoms. The van der Waals surface area contributed by atoms with E-state index >= 15 is 0 Å². The van der Waals surface area contributed by atoms with Crippen molar-refractivity contribution < 1.29 is 63.2 Å². The number of amides is 2. The second-order valence-electron chi connectivity index (χ2n) is 14.3. The molecule has 10 atom stereocenters. The first kappa shape index (κ1) is 39.3. The van der Waals surface area contributed by atoms with Gasteiger partial charge in [-0.15, -0.1) is 0 Å². The number of hydrogen-bond donors (Lipinski definition) is 5. The Hall–Kier alpha value is -4.35. The molecular weight excluding hydrogens is 707 g/mol. The summed E-state index contributed by atoms with van der Waals surface area (Å²) in [5.74, 6) is -5.08. The number of carbonyl (C=O) groups excluding carboxylic acids is 2. The van der Waals surface area contributed by atoms with Crippen molar-refractivity contribution in [2.75, 3.05) is 13.6 Å². The number of halogens is 1. The lowest BCUT2D eigenvalue weighted by Gasteiger charge is -2.61. The summed E-state index contributed by atoms with van der Waals surface area (Å²) in [6.45, 7) is 2.21. The third-order valence-corrected chi connectivity index (χ3v) is 10.5. The van der Waals surface area contributed by atoms with Gasteiger partial charge in [-0.25, -0.2) is 14.0 Å². The number of rotatable bonds is 10. The number of benzene rings is 3. The first-order valence-corrected chi connectivity index (χ1v) is 17.9. The zero-order chi connectivity index (χ0) is 38.8. The smallest absolute Gasteiger partial charge is 0.410 e. The van der Waals surface area contributed by atoms with Crippen molar-refractivity contribution in [2.45, 2.75) is 101 Å². The lowest BCUT2D eigenvalue weighted by molar-refractivity contribution is -0.486. The van der Waals surface area contributed by atoms with Gasteiger partial charge in [-0.2, -0.15) is 0 Å². The van der Waals surface area contributed by atoms with E-state index in [9.17, 15) is 39.5 Å². The SMILES string of the molecule is CC[C@H]1[C@H](O)[C@H]2O[C@@H]3O[C@H](C)C[C@@](O)(CN(Cc4ccc(F)c(O)c4)C(=O)OCc4ccccc4)[C@]3(O)O[C@@H]2[C@@H](N(C)C(=O)OCc2ccccc2)[C@H]1O. The van der Waals surface area contributed by atoms with E-state index in [0.717, 1.165) is 27.5 Å². The average molecular weight is 755 g/mol. The highest BCUT2D eigenvalue weighted by molar-refractivity contribution is 5.68. The Bertz CT molecular complexity index is 1760. The van der Waals surface area contributed by atoms with Gasteiger partial charge in [0.25, 0.3) is 0 Å². The number of hydrogen-bond acceptors (Lipinski definition) is 12. The highest BCUT2D eigenvalue weighted by Gasteiger charge is 2.69. The van der Waals surface area contributed by atoms with Crippen LogP contribution in [0.1, 0.15) is 43.4 Å². The van der Waals surface area contributed by atoms with E-state index in [1.165, 1.54) is 13.1 Å². The highest BCUT2D eigenvalue weighted by Crippen LogP contribution is 2.48. The highest BCUT2D eigenvalue weighted by atomic mass is 19.1. The van der Waals surface area contributed by atoms with Crippen molar-refractivity contribution in [1.82, 2.24) is 9.80 Å². The Morgan fingerprint density at radius 3 is 2.07 bits per heavy atom. The van der Waals surface area contributed by atoms with Crippen molar-refractivity contribution in [3.05, 3.63) is 101 Å². The van der Waals surface area contributed by atoms with Crippen LogP contribution < -0.4 is 0 Å². The molecule has 0 bridgehead atoms. The van der Waals surface area contributed by atoms with Crippen molar-refractivity contribution in [3.8, 4) is 5.75 Å². The number of carbonyl (C=O) groups is 2. The summed E-state index contributed by atoms with van der Waals surface area (Å²) in [7, 11) is 1.39. The maximum absolute atomic E-state index is 14.0. The van der Waals surface area contributed by atoms with Gasteiger partial charge in [-0.1, -0.05) is 73.7 Å². The van der Waals surface area contributed by atoms with Gasteiger partial charge in [0.15, 0.2) is 11.6 Å². The predicted octanol–water partition coefficient (Wildman–Crippen LogP) is 3.41. The first-order valence-electron chi connectivity index (χ1n) is 17.9. The fraction of sp³-hybridized carbons (Fsp3) is 0.487. The van der Waals surface area contributed by atoms with Crippen LogP contribution in [0.25, 0.3) is 0 Å². The lowest BCUT2D eigenvalue weighted by atomic mass is 9.73. The molecule has 0 aromatic heterocycles. The van der Waals surface area contributed by atoms with Crippen LogP contribution in [0.3, 0.4) is 0 Å². The van der Waals surface area contributed by atoms with Crippen LogP contribution in [0.5, 0.6) is 5.75 Å². The molecule has 1 saturated carbocycles. The molecule has 14 nitrogen and oxygen atoms in total. The Labute approximate surface area is 312 Å². The summed E-state index contributed by atoms with van der Waals surface area (Å²) in [5, 5.41) is 58.1. The van der Waals surface area contributed by atoms with Gasteiger partial charge in [0.1, 0.15) is 31.0 Å². The second-order valence-corrected chi connectivity index (χ2v) is 14.3. The molecule has 292 valence electrons. The van der Waals surface area contributed by atoms with E-state index in [1.807, 2.05) is 6.07 Å². The zero-order valence-electron chi connectivity index (χ0n) is 30.2. The fourth-order valence-electron chi connectivity index (χ4n) is 7.65. The van der Waals surface area contributed by atoms with Crippen LogP contribution in [0.2, 0.25) is 0 Å². The Morgan fingerprint density at radius 1 is 0.870 bits per heavy atom. The van der Waals surface area contributed by atoms with Gasteiger partial charge in [-0.3, -0.25) is 0 Å². The fourth-order valence-corrected chi connectivity index (χ4v) is 7.65. The van der Waals surface area contributed by atoms with E-state index < -0.39 is 90.5 Å². The number of nitrogens with zero attached hydrogens (tertiary/aromatic N) is 2. The molecule has 5 N–H and O–H groups in total. The molecule has 0 radical (unpaired) electrons. The van der Waals surface area contributed by atoms with Crippen LogP contribution in [0.15, 0.2) is 78.9 Å². The summed E-state index contributed by atoms with van der Waals surface area (Å²) >= 11 is 0. The Balaban J connectivity index is 1.31. The first-order chi connectivity index (χ1) is 25.7. The largest absolute Gasteiger partial charge is 0.505 e. The summed E-state index contributed by atoms with van der Waals surface area (Å²) in [5.41, 5.74) is -0.699. The molecule has 3 aromatic rings. The predicted molar refractivity (Wildman–Crippen MR) is 188 cm³/mol. The molecule has 2 aliphatic heterocycles. The number of fused-ring (bicyclic) bond motifs is 2. The summed E-state index contributed by atoms with van der Waals surface area (Å²) in [6, 6.07) is 20.0. The Kier molecular flexibility index (Phi) is 11.8. The van der Waals surface area contributed by atoms with E-state index in [0.29, 0.717) is 5.56 Å². The van der Waals surface area contributed by atoms with Crippen LogP contribution in [0.4, 0.5) is 14.0 Å². The molecular formula is C39H47FN2O12. The summed E-state index contributed by atoms with van der Waals surface area (Å²) in [6.07, 6.45) is -9.67. The van der Waals surface area contributed by atoms with Crippen LogP contribution in [0, 0.1) is 11.7 Å². The zero-order valence-corrected chi connectivity index (χ0v) is 30.2.